The minimum Gasteiger partial charge on any atom is -0.315 e. The van der Waals surface area contributed by atoms with Crippen molar-refractivity contribution in [3.05, 3.63) is 51.8 Å². The van der Waals surface area contributed by atoms with E-state index in [1.807, 2.05) is 14.0 Å². The Kier molecular flexibility index (Phi) is 3.35. The number of aryl methyl sites for hydroxylation is 3. The van der Waals surface area contributed by atoms with Crippen LogP contribution >= 0.6 is 11.6 Å². The molecule has 0 saturated carbocycles. The number of halogens is 1. The lowest BCUT2D eigenvalue weighted by atomic mass is 9.69. The van der Waals surface area contributed by atoms with E-state index >= 15 is 0 Å². The highest BCUT2D eigenvalue weighted by molar-refractivity contribution is 6.30. The maximum Gasteiger partial charge on any atom is 0.130 e. The second kappa shape index (κ2) is 4.90. The summed E-state index contributed by atoms with van der Waals surface area (Å²) in [7, 11) is 1.90. The van der Waals surface area contributed by atoms with E-state index in [9.17, 15) is 0 Å². The van der Waals surface area contributed by atoms with Crippen LogP contribution in [0.15, 0.2) is 24.3 Å². The molecule has 20 heavy (non-hydrogen) atoms. The van der Waals surface area contributed by atoms with Crippen molar-refractivity contribution in [2.45, 2.75) is 25.7 Å². The Morgan fingerprint density at radius 2 is 2.00 bits per heavy atom. The van der Waals surface area contributed by atoms with Gasteiger partial charge < -0.3 is 5.32 Å². The van der Waals surface area contributed by atoms with E-state index in [-0.39, 0.29) is 5.41 Å². The van der Waals surface area contributed by atoms with Gasteiger partial charge in [-0.15, -0.1) is 0 Å². The molecule has 0 spiro atoms. The first-order valence-electron chi connectivity index (χ1n) is 6.98. The number of hydrogen-bond acceptors (Lipinski definition) is 2. The molecule has 2 heterocycles. The minimum absolute atomic E-state index is 0.156. The van der Waals surface area contributed by atoms with Crippen LogP contribution in [0.25, 0.3) is 0 Å². The van der Waals surface area contributed by atoms with Gasteiger partial charge in [0.2, 0.25) is 0 Å². The molecule has 0 radical (unpaired) electrons. The van der Waals surface area contributed by atoms with Crippen molar-refractivity contribution in [2.24, 2.45) is 7.05 Å². The van der Waals surface area contributed by atoms with Gasteiger partial charge in [0.25, 0.3) is 0 Å². The van der Waals surface area contributed by atoms with Crippen LogP contribution in [0, 0.1) is 13.8 Å². The molecule has 1 fully saturated rings. The topological polar surface area (TPSA) is 29.9 Å². The first-order valence-corrected chi connectivity index (χ1v) is 7.36. The molecule has 0 amide bonds. The third kappa shape index (κ3) is 2.05. The highest BCUT2D eigenvalue weighted by Gasteiger charge is 2.40. The van der Waals surface area contributed by atoms with Crippen LogP contribution in [0.1, 0.15) is 22.4 Å². The fraction of sp³-hybridized carbons (Fsp3) is 0.438. The summed E-state index contributed by atoms with van der Waals surface area (Å²) in [6, 6.07) is 8.66. The molecular formula is C16H20ClN3. The lowest BCUT2D eigenvalue weighted by Crippen LogP contribution is -2.58. The summed E-state index contributed by atoms with van der Waals surface area (Å²) in [5.74, 6) is 0. The third-order valence-corrected chi connectivity index (χ3v) is 4.90. The van der Waals surface area contributed by atoms with E-state index in [0.29, 0.717) is 0 Å². The molecular weight excluding hydrogens is 270 g/mol. The molecule has 1 aromatic carbocycles. The quantitative estimate of drug-likeness (QED) is 0.942. The van der Waals surface area contributed by atoms with Gasteiger partial charge in [-0.3, -0.25) is 4.68 Å². The van der Waals surface area contributed by atoms with Crippen molar-refractivity contribution >= 4 is 11.6 Å². The van der Waals surface area contributed by atoms with E-state index in [1.165, 1.54) is 16.7 Å². The summed E-state index contributed by atoms with van der Waals surface area (Å²) in [6.07, 6.45) is 0.948. The maximum atomic E-state index is 6.41. The molecule has 0 atom stereocenters. The Bertz CT molecular complexity index is 641. The highest BCUT2D eigenvalue weighted by Crippen LogP contribution is 2.36. The molecule has 106 valence electrons. The number of nitrogens with zero attached hydrogens (tertiary/aromatic N) is 2. The summed E-state index contributed by atoms with van der Waals surface area (Å²) in [4.78, 5) is 0. The van der Waals surface area contributed by atoms with Crippen molar-refractivity contribution < 1.29 is 0 Å². The molecule has 0 unspecified atom stereocenters. The van der Waals surface area contributed by atoms with Gasteiger partial charge in [0.15, 0.2) is 0 Å². The van der Waals surface area contributed by atoms with E-state index < -0.39 is 0 Å². The Morgan fingerprint density at radius 1 is 1.30 bits per heavy atom. The summed E-state index contributed by atoms with van der Waals surface area (Å²) < 4.78 is 1.77. The van der Waals surface area contributed by atoms with E-state index in [2.05, 4.69) is 41.6 Å². The number of nitrogens with one attached hydrogen (secondary N) is 1. The zero-order chi connectivity index (χ0) is 14.3. The molecule has 1 aromatic heterocycles. The van der Waals surface area contributed by atoms with E-state index in [1.54, 1.807) is 4.68 Å². The molecule has 2 aromatic rings. The Balaban J connectivity index is 2.01. The lowest BCUT2D eigenvalue weighted by molar-refractivity contribution is 0.273. The van der Waals surface area contributed by atoms with Crippen LogP contribution in [-0.2, 0) is 18.9 Å². The third-order valence-electron chi connectivity index (χ3n) is 4.43. The minimum atomic E-state index is 0.156. The van der Waals surface area contributed by atoms with Crippen LogP contribution in [0.3, 0.4) is 0 Å². The summed E-state index contributed by atoms with van der Waals surface area (Å²) in [5.41, 5.74) is 5.16. The highest BCUT2D eigenvalue weighted by atomic mass is 35.5. The molecule has 1 N–H and O–H groups in total. The fourth-order valence-corrected chi connectivity index (χ4v) is 3.46. The van der Waals surface area contributed by atoms with Crippen LogP contribution in [-0.4, -0.2) is 22.9 Å². The van der Waals surface area contributed by atoms with Gasteiger partial charge in [-0.25, -0.2) is 0 Å². The molecule has 0 bridgehead atoms. The van der Waals surface area contributed by atoms with Crippen molar-refractivity contribution in [2.75, 3.05) is 13.1 Å². The fourth-order valence-electron chi connectivity index (χ4n) is 3.22. The Morgan fingerprint density at radius 3 is 2.50 bits per heavy atom. The molecule has 1 aliphatic heterocycles. The number of aromatic nitrogens is 2. The largest absolute Gasteiger partial charge is 0.315 e. The predicted octanol–water partition coefficient (Wildman–Crippen LogP) is 2.77. The maximum absolute atomic E-state index is 6.41. The lowest BCUT2D eigenvalue weighted by Gasteiger charge is -2.44. The van der Waals surface area contributed by atoms with Gasteiger partial charge in [-0.1, -0.05) is 35.9 Å². The van der Waals surface area contributed by atoms with Gasteiger partial charge in [0, 0.05) is 31.1 Å². The van der Waals surface area contributed by atoms with Crippen LogP contribution in [0.4, 0.5) is 0 Å². The Hall–Kier alpha value is -1.32. The number of rotatable bonds is 3. The smallest absolute Gasteiger partial charge is 0.130 e. The average Bonchev–Trinajstić information content (AvgIpc) is 2.61. The van der Waals surface area contributed by atoms with Gasteiger partial charge in [0.05, 0.1) is 5.69 Å². The monoisotopic (exact) mass is 289 g/mol. The second-order valence-electron chi connectivity index (χ2n) is 5.85. The first-order chi connectivity index (χ1) is 9.53. The van der Waals surface area contributed by atoms with E-state index in [0.717, 1.165) is 30.4 Å². The van der Waals surface area contributed by atoms with Crippen molar-refractivity contribution in [1.29, 1.82) is 0 Å². The standard InChI is InChI=1S/C16H20ClN3/c1-11-6-4-5-7-14(11)16(9-18-10-16)8-13-12(2)19-20(3)15(13)17/h4-7,18H,8-10H2,1-3H3. The van der Waals surface area contributed by atoms with E-state index in [4.69, 9.17) is 11.6 Å². The zero-order valence-electron chi connectivity index (χ0n) is 12.2. The number of benzene rings is 1. The Labute approximate surface area is 124 Å². The molecule has 3 nitrogen and oxygen atoms in total. The second-order valence-corrected chi connectivity index (χ2v) is 6.21. The normalized spacial score (nSPS) is 17.0. The summed E-state index contributed by atoms with van der Waals surface area (Å²) >= 11 is 6.41. The summed E-state index contributed by atoms with van der Waals surface area (Å²) in [6.45, 7) is 6.23. The first kappa shape index (κ1) is 13.7. The van der Waals surface area contributed by atoms with Gasteiger partial charge in [0.1, 0.15) is 5.15 Å². The molecule has 1 saturated heterocycles. The van der Waals surface area contributed by atoms with Crippen LogP contribution < -0.4 is 5.32 Å². The molecule has 3 rings (SSSR count). The zero-order valence-corrected chi connectivity index (χ0v) is 13.0. The number of hydrogen-bond donors (Lipinski definition) is 1. The van der Waals surface area contributed by atoms with Gasteiger partial charge >= 0.3 is 0 Å². The van der Waals surface area contributed by atoms with Crippen molar-refractivity contribution in [3.63, 3.8) is 0 Å². The van der Waals surface area contributed by atoms with Crippen LogP contribution in [0.5, 0.6) is 0 Å². The molecule has 0 aliphatic carbocycles. The van der Waals surface area contributed by atoms with Crippen LogP contribution in [0.2, 0.25) is 5.15 Å². The SMILES string of the molecule is Cc1ccccc1C1(Cc2c(C)nn(C)c2Cl)CNC1. The van der Waals surface area contributed by atoms with Gasteiger partial charge in [-0.05, 0) is 31.4 Å². The molecule has 4 heteroatoms. The van der Waals surface area contributed by atoms with Crippen molar-refractivity contribution in [1.82, 2.24) is 15.1 Å². The predicted molar refractivity (Wildman–Crippen MR) is 82.4 cm³/mol. The van der Waals surface area contributed by atoms with Crippen molar-refractivity contribution in [3.8, 4) is 0 Å². The average molecular weight is 290 g/mol. The van der Waals surface area contributed by atoms with Gasteiger partial charge in [-0.2, -0.15) is 5.10 Å². The summed E-state index contributed by atoms with van der Waals surface area (Å²) in [5, 5.41) is 8.62. The molecule has 1 aliphatic rings.